The number of thiazole rings is 1. The van der Waals surface area contributed by atoms with E-state index in [4.69, 9.17) is 21.1 Å². The number of carbonyl (C=O) groups excluding carboxylic acids is 1. The Hall–Kier alpha value is -2.24. The van der Waals surface area contributed by atoms with Gasteiger partial charge in [-0.1, -0.05) is 22.9 Å². The van der Waals surface area contributed by atoms with E-state index in [0.717, 1.165) is 16.0 Å². The largest absolute Gasteiger partial charge is 0.494 e. The summed E-state index contributed by atoms with van der Waals surface area (Å²) < 4.78 is 41.1. The molecule has 4 rings (SSSR count). The van der Waals surface area contributed by atoms with Crippen molar-refractivity contribution in [2.45, 2.75) is 31.2 Å². The molecule has 3 aromatic rings. The number of amides is 1. The summed E-state index contributed by atoms with van der Waals surface area (Å²) in [6.45, 7) is 4.09. The number of methoxy groups -OCH3 is 1. The molecular weight excluding hydrogens is 510 g/mol. The fourth-order valence-corrected chi connectivity index (χ4v) is 6.76. The van der Waals surface area contributed by atoms with Crippen molar-refractivity contribution in [3.05, 3.63) is 52.3 Å². The molecule has 8 nitrogen and oxygen atoms in total. The van der Waals surface area contributed by atoms with Gasteiger partial charge in [0.15, 0.2) is 4.80 Å². The summed E-state index contributed by atoms with van der Waals surface area (Å²) in [6, 6.07) is 12.0. The van der Waals surface area contributed by atoms with E-state index in [-0.39, 0.29) is 29.8 Å². The van der Waals surface area contributed by atoms with E-state index in [1.165, 1.54) is 27.8 Å². The molecule has 0 atom stereocenters. The number of aromatic nitrogens is 1. The maximum absolute atomic E-state index is 13.1. The average molecular weight is 538 g/mol. The second-order valence-corrected chi connectivity index (χ2v) is 11.6. The van der Waals surface area contributed by atoms with Crippen LogP contribution in [0.3, 0.4) is 0 Å². The Morgan fingerprint density at radius 2 is 1.89 bits per heavy atom. The summed E-state index contributed by atoms with van der Waals surface area (Å²) in [5.74, 6) is 0.218. The lowest BCUT2D eigenvalue weighted by Gasteiger charge is -2.29. The fraction of sp³-hybridized carbons (Fsp3) is 0.417. The van der Waals surface area contributed by atoms with E-state index in [0.29, 0.717) is 42.4 Å². The lowest BCUT2D eigenvalue weighted by atomic mass is 9.98. The van der Waals surface area contributed by atoms with Crippen LogP contribution in [0.2, 0.25) is 5.02 Å². The van der Waals surface area contributed by atoms with Gasteiger partial charge in [-0.2, -0.15) is 9.30 Å². The van der Waals surface area contributed by atoms with Gasteiger partial charge in [0.1, 0.15) is 5.75 Å². The van der Waals surface area contributed by atoms with Crippen molar-refractivity contribution < 1.29 is 22.7 Å². The first kappa shape index (κ1) is 25.8. The van der Waals surface area contributed by atoms with Gasteiger partial charge in [0.25, 0.3) is 5.91 Å². The molecule has 188 valence electrons. The number of sulfonamides is 1. The van der Waals surface area contributed by atoms with Crippen LogP contribution in [0.4, 0.5) is 0 Å². The Kier molecular flexibility index (Phi) is 8.28. The summed E-state index contributed by atoms with van der Waals surface area (Å²) >= 11 is 7.32. The number of rotatable bonds is 8. The molecule has 0 N–H and O–H groups in total. The van der Waals surface area contributed by atoms with Gasteiger partial charge in [0.05, 0.1) is 28.3 Å². The van der Waals surface area contributed by atoms with Crippen LogP contribution < -0.4 is 9.54 Å². The summed E-state index contributed by atoms with van der Waals surface area (Å²) in [4.78, 5) is 18.4. The van der Waals surface area contributed by atoms with Crippen LogP contribution in [0.5, 0.6) is 5.75 Å². The van der Waals surface area contributed by atoms with Crippen molar-refractivity contribution in [3.8, 4) is 5.75 Å². The molecule has 2 aromatic carbocycles. The highest BCUT2D eigenvalue weighted by Gasteiger charge is 2.32. The van der Waals surface area contributed by atoms with Gasteiger partial charge in [-0.05, 0) is 62.2 Å². The van der Waals surface area contributed by atoms with Crippen molar-refractivity contribution in [2.24, 2.45) is 10.9 Å². The van der Waals surface area contributed by atoms with Crippen molar-refractivity contribution in [1.29, 1.82) is 0 Å². The molecule has 1 aromatic heterocycles. The highest BCUT2D eigenvalue weighted by molar-refractivity contribution is 7.89. The Morgan fingerprint density at radius 3 is 2.54 bits per heavy atom. The van der Waals surface area contributed by atoms with Gasteiger partial charge >= 0.3 is 0 Å². The minimum Gasteiger partial charge on any atom is -0.494 e. The molecule has 1 amide bonds. The van der Waals surface area contributed by atoms with Crippen LogP contribution in [0.25, 0.3) is 10.2 Å². The van der Waals surface area contributed by atoms with Gasteiger partial charge in [-0.15, -0.1) is 0 Å². The van der Waals surface area contributed by atoms with E-state index >= 15 is 0 Å². The van der Waals surface area contributed by atoms with Gasteiger partial charge in [0, 0.05) is 37.7 Å². The zero-order valence-corrected chi connectivity index (χ0v) is 22.0. The molecule has 35 heavy (non-hydrogen) atoms. The Balaban J connectivity index is 1.53. The molecule has 1 fully saturated rings. The molecule has 11 heteroatoms. The van der Waals surface area contributed by atoms with Crippen molar-refractivity contribution in [1.82, 2.24) is 8.87 Å². The van der Waals surface area contributed by atoms with Crippen LogP contribution >= 0.6 is 22.9 Å². The Morgan fingerprint density at radius 1 is 1.17 bits per heavy atom. The molecular formula is C24H28ClN3O5S2. The SMILES string of the molecule is CCOc1ccc2c(c1)sc(=NC(=O)C1CCN(S(=O)(=O)c3ccc(Cl)cc3)CC1)n2CCOC. The van der Waals surface area contributed by atoms with Crippen molar-refractivity contribution in [2.75, 3.05) is 33.4 Å². The highest BCUT2D eigenvalue weighted by atomic mass is 35.5. The second kappa shape index (κ2) is 11.2. The van der Waals surface area contributed by atoms with Gasteiger partial charge in [-0.25, -0.2) is 8.42 Å². The number of halogens is 1. The van der Waals surface area contributed by atoms with Crippen molar-refractivity contribution in [3.63, 3.8) is 0 Å². The van der Waals surface area contributed by atoms with Crippen LogP contribution in [-0.2, 0) is 26.1 Å². The third kappa shape index (κ3) is 5.78. The number of piperidine rings is 1. The Labute approximate surface area is 213 Å². The summed E-state index contributed by atoms with van der Waals surface area (Å²) in [5, 5.41) is 0.480. The summed E-state index contributed by atoms with van der Waals surface area (Å²) in [7, 11) is -1.99. The zero-order chi connectivity index (χ0) is 25.0. The fourth-order valence-electron chi connectivity index (χ4n) is 4.08. The number of nitrogens with zero attached hydrogens (tertiary/aromatic N) is 3. The lowest BCUT2D eigenvalue weighted by Crippen LogP contribution is -2.40. The number of carbonyl (C=O) groups is 1. The van der Waals surface area contributed by atoms with Crippen LogP contribution in [0, 0.1) is 5.92 Å². The molecule has 1 aliphatic rings. The number of hydrogen-bond donors (Lipinski definition) is 0. The van der Waals surface area contributed by atoms with E-state index in [1.807, 2.05) is 29.7 Å². The molecule has 0 radical (unpaired) electrons. The van der Waals surface area contributed by atoms with E-state index in [9.17, 15) is 13.2 Å². The maximum Gasteiger partial charge on any atom is 0.251 e. The van der Waals surface area contributed by atoms with Gasteiger partial charge < -0.3 is 14.0 Å². The quantitative estimate of drug-likeness (QED) is 0.434. The molecule has 0 spiro atoms. The molecule has 0 bridgehead atoms. The molecule has 1 aliphatic heterocycles. The van der Waals surface area contributed by atoms with Crippen LogP contribution in [0.15, 0.2) is 52.4 Å². The minimum atomic E-state index is -3.63. The smallest absolute Gasteiger partial charge is 0.251 e. The number of ether oxygens (including phenoxy) is 2. The van der Waals surface area contributed by atoms with Crippen molar-refractivity contribution >= 4 is 49.1 Å². The standard InChI is InChI=1S/C24H28ClN3O5S2/c1-3-33-19-6-9-21-22(16-19)34-24(28(21)14-15-32-2)26-23(29)17-10-12-27(13-11-17)35(30,31)20-7-4-18(25)5-8-20/h4-9,16-17H,3,10-15H2,1-2H3. The molecule has 2 heterocycles. The highest BCUT2D eigenvalue weighted by Crippen LogP contribution is 2.26. The molecule has 0 saturated carbocycles. The predicted molar refractivity (Wildman–Crippen MR) is 136 cm³/mol. The van der Waals surface area contributed by atoms with Gasteiger partial charge in [-0.3, -0.25) is 4.79 Å². The summed E-state index contributed by atoms with van der Waals surface area (Å²) in [6.07, 6.45) is 0.846. The summed E-state index contributed by atoms with van der Waals surface area (Å²) in [5.41, 5.74) is 0.964. The normalized spacial score (nSPS) is 16.1. The number of fused-ring (bicyclic) bond motifs is 1. The monoisotopic (exact) mass is 537 g/mol. The number of benzene rings is 2. The predicted octanol–water partition coefficient (Wildman–Crippen LogP) is 3.93. The third-order valence-electron chi connectivity index (χ3n) is 5.94. The first-order valence-electron chi connectivity index (χ1n) is 11.4. The first-order chi connectivity index (χ1) is 16.8. The van der Waals surface area contributed by atoms with E-state index in [1.54, 1.807) is 19.2 Å². The molecule has 1 saturated heterocycles. The first-order valence-corrected chi connectivity index (χ1v) is 14.1. The zero-order valence-electron chi connectivity index (χ0n) is 19.6. The second-order valence-electron chi connectivity index (χ2n) is 8.17. The third-order valence-corrected chi connectivity index (χ3v) is 9.15. The number of hydrogen-bond acceptors (Lipinski definition) is 6. The van der Waals surface area contributed by atoms with Crippen LogP contribution in [0.1, 0.15) is 19.8 Å². The average Bonchev–Trinajstić information content (AvgIpc) is 3.19. The topological polar surface area (TPSA) is 90.2 Å². The van der Waals surface area contributed by atoms with Crippen LogP contribution in [-0.4, -0.2) is 56.6 Å². The maximum atomic E-state index is 13.1. The van der Waals surface area contributed by atoms with E-state index in [2.05, 4.69) is 4.99 Å². The van der Waals surface area contributed by atoms with E-state index < -0.39 is 10.0 Å². The molecule has 0 aliphatic carbocycles. The van der Waals surface area contributed by atoms with Gasteiger partial charge in [0.2, 0.25) is 10.0 Å². The lowest BCUT2D eigenvalue weighted by molar-refractivity contribution is -0.122. The minimum absolute atomic E-state index is 0.201. The molecule has 0 unspecified atom stereocenters. The Bertz CT molecular complexity index is 1360.